The van der Waals surface area contributed by atoms with E-state index < -0.39 is 6.10 Å². The van der Waals surface area contributed by atoms with Crippen molar-refractivity contribution >= 4 is 28.7 Å². The van der Waals surface area contributed by atoms with Crippen LogP contribution in [-0.2, 0) is 6.54 Å². The maximum atomic E-state index is 11.6. The van der Waals surface area contributed by atoms with Gasteiger partial charge in [-0.3, -0.25) is 0 Å². The fourth-order valence-electron chi connectivity index (χ4n) is 1.65. The molecule has 0 saturated heterocycles. The van der Waals surface area contributed by atoms with Gasteiger partial charge < -0.3 is 15.7 Å². The first-order valence-electron chi connectivity index (χ1n) is 5.93. The first-order valence-corrected chi connectivity index (χ1v) is 7.69. The van der Waals surface area contributed by atoms with Crippen LogP contribution in [0, 0.1) is 6.92 Å². The summed E-state index contributed by atoms with van der Waals surface area (Å²) in [6.45, 7) is 2.68. The Hall–Kier alpha value is -1.37. The molecule has 1 atom stereocenters. The summed E-state index contributed by atoms with van der Waals surface area (Å²) >= 11 is 3.10. The number of amides is 2. The van der Waals surface area contributed by atoms with Crippen LogP contribution in [-0.4, -0.2) is 17.7 Å². The minimum Gasteiger partial charge on any atom is -0.386 e. The van der Waals surface area contributed by atoms with Crippen LogP contribution in [0.5, 0.6) is 0 Å². The Balaban J connectivity index is 1.73. The summed E-state index contributed by atoms with van der Waals surface area (Å²) in [5, 5.41) is 19.3. The third-order valence-corrected chi connectivity index (χ3v) is 4.66. The molecule has 0 aliphatic rings. The van der Waals surface area contributed by atoms with Gasteiger partial charge in [0.1, 0.15) is 6.10 Å². The van der Waals surface area contributed by atoms with E-state index in [0.717, 1.165) is 15.3 Å². The van der Waals surface area contributed by atoms with Crippen LogP contribution < -0.4 is 10.6 Å². The molecule has 0 saturated carbocycles. The molecule has 19 heavy (non-hydrogen) atoms. The first-order chi connectivity index (χ1) is 9.16. The van der Waals surface area contributed by atoms with Crippen molar-refractivity contribution in [2.75, 3.05) is 6.54 Å². The van der Waals surface area contributed by atoms with Gasteiger partial charge in [0.15, 0.2) is 0 Å². The first kappa shape index (κ1) is 14.0. The van der Waals surface area contributed by atoms with Gasteiger partial charge in [-0.1, -0.05) is 6.07 Å². The number of aliphatic hydroxyl groups excluding tert-OH is 1. The Labute approximate surface area is 120 Å². The lowest BCUT2D eigenvalue weighted by atomic mass is 10.2. The summed E-state index contributed by atoms with van der Waals surface area (Å²) in [5.41, 5.74) is 1.05. The number of hydrogen-bond acceptors (Lipinski definition) is 4. The maximum Gasteiger partial charge on any atom is 0.315 e. The molecule has 0 radical (unpaired) electrons. The van der Waals surface area contributed by atoms with Crippen LogP contribution in [0.4, 0.5) is 4.79 Å². The zero-order valence-corrected chi connectivity index (χ0v) is 12.2. The second-order valence-electron chi connectivity index (χ2n) is 4.13. The molecule has 1 unspecified atom stereocenters. The molecule has 0 aliphatic carbocycles. The van der Waals surface area contributed by atoms with Gasteiger partial charge in [-0.2, -0.15) is 0 Å². The molecule has 4 nitrogen and oxygen atoms in total. The summed E-state index contributed by atoms with van der Waals surface area (Å²) in [6.07, 6.45) is -0.646. The van der Waals surface area contributed by atoms with Crippen LogP contribution >= 0.6 is 22.7 Å². The molecule has 0 bridgehead atoms. The molecule has 6 heteroatoms. The summed E-state index contributed by atoms with van der Waals surface area (Å²) in [6, 6.07) is 5.61. The number of thiophene rings is 2. The van der Waals surface area contributed by atoms with Gasteiger partial charge in [0, 0.05) is 9.75 Å². The lowest BCUT2D eigenvalue weighted by Crippen LogP contribution is -2.37. The van der Waals surface area contributed by atoms with E-state index in [1.165, 1.54) is 11.3 Å². The van der Waals surface area contributed by atoms with Gasteiger partial charge in [-0.25, -0.2) is 4.79 Å². The number of hydrogen-bond donors (Lipinski definition) is 3. The predicted octanol–water partition coefficient (Wildman–Crippen LogP) is 2.65. The Morgan fingerprint density at radius 1 is 1.32 bits per heavy atom. The van der Waals surface area contributed by atoms with Crippen molar-refractivity contribution in [3.05, 3.63) is 44.3 Å². The zero-order valence-electron chi connectivity index (χ0n) is 10.6. The number of rotatable bonds is 5. The van der Waals surface area contributed by atoms with E-state index in [0.29, 0.717) is 6.54 Å². The molecule has 102 valence electrons. The average molecular weight is 296 g/mol. The van der Waals surface area contributed by atoms with E-state index >= 15 is 0 Å². The highest BCUT2D eigenvalue weighted by molar-refractivity contribution is 7.10. The highest BCUT2D eigenvalue weighted by Crippen LogP contribution is 2.22. The third-order valence-electron chi connectivity index (χ3n) is 2.66. The lowest BCUT2D eigenvalue weighted by Gasteiger charge is -2.12. The van der Waals surface area contributed by atoms with Crippen molar-refractivity contribution in [2.45, 2.75) is 19.6 Å². The van der Waals surface area contributed by atoms with Gasteiger partial charge in [0.05, 0.1) is 13.1 Å². The largest absolute Gasteiger partial charge is 0.386 e. The van der Waals surface area contributed by atoms with Crippen LogP contribution in [0.3, 0.4) is 0 Å². The van der Waals surface area contributed by atoms with Gasteiger partial charge >= 0.3 is 6.03 Å². The van der Waals surface area contributed by atoms with E-state index in [1.807, 2.05) is 35.9 Å². The molecule has 2 amide bonds. The smallest absolute Gasteiger partial charge is 0.315 e. The molecule has 2 heterocycles. The van der Waals surface area contributed by atoms with Crippen molar-refractivity contribution < 1.29 is 9.90 Å². The van der Waals surface area contributed by atoms with Crippen molar-refractivity contribution in [3.63, 3.8) is 0 Å². The normalized spacial score (nSPS) is 12.1. The highest BCUT2D eigenvalue weighted by atomic mass is 32.1. The van der Waals surface area contributed by atoms with Gasteiger partial charge in [-0.05, 0) is 35.4 Å². The Morgan fingerprint density at radius 3 is 2.79 bits per heavy atom. The quantitative estimate of drug-likeness (QED) is 0.794. The number of aliphatic hydroxyl groups is 1. The second-order valence-corrected chi connectivity index (χ2v) is 6.11. The highest BCUT2D eigenvalue weighted by Gasteiger charge is 2.12. The molecule has 0 fully saturated rings. The molecule has 2 aromatic rings. The number of nitrogens with one attached hydrogen (secondary N) is 2. The predicted molar refractivity (Wildman–Crippen MR) is 78.6 cm³/mol. The topological polar surface area (TPSA) is 61.4 Å². The molecule has 0 aromatic carbocycles. The summed E-state index contributed by atoms with van der Waals surface area (Å²) in [7, 11) is 0. The van der Waals surface area contributed by atoms with Gasteiger partial charge in [0.2, 0.25) is 0 Å². The van der Waals surface area contributed by atoms with Crippen molar-refractivity contribution in [2.24, 2.45) is 0 Å². The minimum absolute atomic E-state index is 0.220. The third kappa shape index (κ3) is 4.05. The number of urea groups is 1. The summed E-state index contributed by atoms with van der Waals surface area (Å²) < 4.78 is 0. The van der Waals surface area contributed by atoms with E-state index in [1.54, 1.807) is 11.3 Å². The fourth-order valence-corrected chi connectivity index (χ4v) is 3.21. The SMILES string of the molecule is Cc1ccsc1C(O)CNC(=O)NCc1cccs1. The summed E-state index contributed by atoms with van der Waals surface area (Å²) in [5.74, 6) is 0. The fraction of sp³-hybridized carbons (Fsp3) is 0.308. The van der Waals surface area contributed by atoms with E-state index in [2.05, 4.69) is 10.6 Å². The van der Waals surface area contributed by atoms with Crippen LogP contribution in [0.15, 0.2) is 29.0 Å². The molecular weight excluding hydrogens is 280 g/mol. The zero-order chi connectivity index (χ0) is 13.7. The second kappa shape index (κ2) is 6.70. The lowest BCUT2D eigenvalue weighted by molar-refractivity contribution is 0.176. The molecule has 2 aromatic heterocycles. The van der Waals surface area contributed by atoms with Gasteiger partial charge in [-0.15, -0.1) is 22.7 Å². The van der Waals surface area contributed by atoms with Crippen LogP contribution in [0.2, 0.25) is 0 Å². The van der Waals surface area contributed by atoms with Crippen molar-refractivity contribution in [3.8, 4) is 0 Å². The molecular formula is C13H16N2O2S2. The maximum absolute atomic E-state index is 11.6. The van der Waals surface area contributed by atoms with E-state index in [-0.39, 0.29) is 12.6 Å². The van der Waals surface area contributed by atoms with Gasteiger partial charge in [0.25, 0.3) is 0 Å². The standard InChI is InChI=1S/C13H16N2O2S2/c1-9-4-6-19-12(9)11(16)8-15-13(17)14-7-10-3-2-5-18-10/h2-6,11,16H,7-8H2,1H3,(H2,14,15,17). The van der Waals surface area contributed by atoms with Crippen LogP contribution in [0.1, 0.15) is 21.4 Å². The minimum atomic E-state index is -0.646. The van der Waals surface area contributed by atoms with Crippen molar-refractivity contribution in [1.82, 2.24) is 10.6 Å². The molecule has 3 N–H and O–H groups in total. The Kier molecular flexibility index (Phi) is 4.95. The molecule has 2 rings (SSSR count). The monoisotopic (exact) mass is 296 g/mol. The molecule has 0 spiro atoms. The van der Waals surface area contributed by atoms with Crippen LogP contribution in [0.25, 0.3) is 0 Å². The summed E-state index contributed by atoms with van der Waals surface area (Å²) in [4.78, 5) is 13.6. The van der Waals surface area contributed by atoms with E-state index in [9.17, 15) is 9.90 Å². The molecule has 0 aliphatic heterocycles. The number of carbonyl (C=O) groups excluding carboxylic acids is 1. The number of aryl methyl sites for hydroxylation is 1. The van der Waals surface area contributed by atoms with Crippen molar-refractivity contribution in [1.29, 1.82) is 0 Å². The Bertz CT molecular complexity index is 522. The van der Waals surface area contributed by atoms with E-state index in [4.69, 9.17) is 0 Å². The number of carbonyl (C=O) groups is 1. The average Bonchev–Trinajstić information content (AvgIpc) is 3.04. The Morgan fingerprint density at radius 2 is 2.16 bits per heavy atom.